The summed E-state index contributed by atoms with van der Waals surface area (Å²) in [5.41, 5.74) is 7.84. The van der Waals surface area contributed by atoms with Gasteiger partial charge in [-0.25, -0.2) is 9.36 Å². The van der Waals surface area contributed by atoms with Gasteiger partial charge in [-0.05, 0) is 62.9 Å². The molecule has 4 rings (SSSR count). The first-order chi connectivity index (χ1) is 16.5. The maximum Gasteiger partial charge on any atom is 0.337 e. The number of nitrogens with zero attached hydrogens (tertiary/aromatic N) is 2. The summed E-state index contributed by atoms with van der Waals surface area (Å²) in [5, 5.41) is 2.66. The lowest BCUT2D eigenvalue weighted by Gasteiger charge is -2.37. The number of fused-ring (bicyclic) bond motifs is 1. The molecule has 3 aromatic rings. The number of nitrogens with one attached hydrogen (secondary N) is 1. The Balaban J connectivity index is 1.75. The van der Waals surface area contributed by atoms with E-state index < -0.39 is 22.8 Å². The van der Waals surface area contributed by atoms with E-state index in [0.29, 0.717) is 24.3 Å². The number of nitrogens with two attached hydrogens (primary N) is 1. The number of anilines is 2. The van der Waals surface area contributed by atoms with E-state index in [2.05, 4.69) is 5.32 Å². The van der Waals surface area contributed by atoms with Crippen LogP contribution in [0.25, 0.3) is 5.69 Å². The molecule has 0 bridgehead atoms. The van der Waals surface area contributed by atoms with Gasteiger partial charge in [0.05, 0.1) is 12.8 Å². The van der Waals surface area contributed by atoms with E-state index in [9.17, 15) is 14.4 Å². The average molecular weight is 479 g/mol. The van der Waals surface area contributed by atoms with Crippen LogP contribution in [0.1, 0.15) is 35.6 Å². The Bertz CT molecular complexity index is 1460. The lowest BCUT2D eigenvalue weighted by molar-refractivity contribution is -0.131. The highest BCUT2D eigenvalue weighted by Crippen LogP contribution is 2.43. The van der Waals surface area contributed by atoms with Crippen LogP contribution in [0.15, 0.2) is 39.9 Å². The summed E-state index contributed by atoms with van der Waals surface area (Å²) < 4.78 is 14.0. The van der Waals surface area contributed by atoms with E-state index in [0.717, 1.165) is 32.6 Å². The second kappa shape index (κ2) is 8.65. The molecule has 1 aromatic heterocycles. The largest absolute Gasteiger partial charge is 0.496 e. The number of rotatable bonds is 4. The first kappa shape index (κ1) is 24.1. The van der Waals surface area contributed by atoms with Gasteiger partial charge in [0.2, 0.25) is 0 Å². The molecule has 2 heterocycles. The summed E-state index contributed by atoms with van der Waals surface area (Å²) in [6.45, 7) is 7.55. The number of benzene rings is 2. The third-order valence-corrected chi connectivity index (χ3v) is 6.92. The molecule has 0 fully saturated rings. The topological polar surface area (TPSA) is 118 Å². The highest BCUT2D eigenvalue weighted by molar-refractivity contribution is 5.99. The Kier molecular flexibility index (Phi) is 5.96. The molecule has 35 heavy (non-hydrogen) atoms. The summed E-state index contributed by atoms with van der Waals surface area (Å²) in [4.78, 5) is 39.2. The third-order valence-electron chi connectivity index (χ3n) is 6.92. The van der Waals surface area contributed by atoms with Crippen LogP contribution in [0.3, 0.4) is 0 Å². The van der Waals surface area contributed by atoms with Gasteiger partial charge in [0.1, 0.15) is 23.0 Å². The molecular formula is C26H30N4O5. The molecule has 0 radical (unpaired) electrons. The molecule has 9 nitrogen and oxygen atoms in total. The number of amides is 1. The van der Waals surface area contributed by atoms with Crippen molar-refractivity contribution in [3.05, 3.63) is 73.4 Å². The van der Waals surface area contributed by atoms with Crippen LogP contribution in [-0.4, -0.2) is 27.8 Å². The predicted molar refractivity (Wildman–Crippen MR) is 135 cm³/mol. The van der Waals surface area contributed by atoms with Gasteiger partial charge in [-0.3, -0.25) is 14.2 Å². The number of hydrogen-bond acceptors (Lipinski definition) is 6. The lowest BCUT2D eigenvalue weighted by Crippen LogP contribution is -2.50. The molecule has 2 aromatic carbocycles. The van der Waals surface area contributed by atoms with Crippen molar-refractivity contribution in [2.45, 2.75) is 46.1 Å². The molecule has 0 saturated carbocycles. The number of carbonyl (C=O) groups excluding carboxylic acids is 1. The number of carbonyl (C=O) groups is 1. The van der Waals surface area contributed by atoms with Crippen molar-refractivity contribution < 1.29 is 14.3 Å². The van der Waals surface area contributed by atoms with Crippen LogP contribution >= 0.6 is 0 Å². The summed E-state index contributed by atoms with van der Waals surface area (Å²) in [6.07, 6.45) is 0.983. The van der Waals surface area contributed by atoms with Gasteiger partial charge in [-0.2, -0.15) is 0 Å². The van der Waals surface area contributed by atoms with Crippen molar-refractivity contribution in [2.75, 3.05) is 18.2 Å². The molecule has 1 amide bonds. The van der Waals surface area contributed by atoms with Crippen LogP contribution in [0.5, 0.6) is 11.5 Å². The maximum absolute atomic E-state index is 13.5. The second-order valence-electron chi connectivity index (χ2n) is 9.08. The highest BCUT2D eigenvalue weighted by atomic mass is 16.5. The predicted octanol–water partition coefficient (Wildman–Crippen LogP) is 2.77. The zero-order valence-corrected chi connectivity index (χ0v) is 20.8. The van der Waals surface area contributed by atoms with E-state index in [1.54, 1.807) is 44.4 Å². The van der Waals surface area contributed by atoms with Crippen molar-refractivity contribution in [1.29, 1.82) is 0 Å². The van der Waals surface area contributed by atoms with E-state index in [4.69, 9.17) is 15.2 Å². The van der Waals surface area contributed by atoms with Crippen molar-refractivity contribution in [2.24, 2.45) is 7.05 Å². The molecule has 184 valence electrons. The quantitative estimate of drug-likeness (QED) is 0.596. The van der Waals surface area contributed by atoms with Crippen LogP contribution in [-0.2, 0) is 18.3 Å². The molecule has 1 unspecified atom stereocenters. The van der Waals surface area contributed by atoms with E-state index in [1.165, 1.54) is 11.6 Å². The van der Waals surface area contributed by atoms with Gasteiger partial charge in [0, 0.05) is 19.0 Å². The summed E-state index contributed by atoms with van der Waals surface area (Å²) in [6, 6.07) is 8.69. The normalized spacial score (nSPS) is 16.9. The Morgan fingerprint density at radius 1 is 1.11 bits per heavy atom. The maximum atomic E-state index is 13.5. The number of nitrogen functional groups attached to an aromatic ring is 1. The Morgan fingerprint density at radius 3 is 2.40 bits per heavy atom. The van der Waals surface area contributed by atoms with Crippen molar-refractivity contribution in [1.82, 2.24) is 9.13 Å². The smallest absolute Gasteiger partial charge is 0.337 e. The molecule has 0 aliphatic carbocycles. The number of ether oxygens (including phenoxy) is 2. The minimum Gasteiger partial charge on any atom is -0.496 e. The summed E-state index contributed by atoms with van der Waals surface area (Å²) >= 11 is 0. The zero-order chi connectivity index (χ0) is 25.7. The van der Waals surface area contributed by atoms with Gasteiger partial charge < -0.3 is 20.5 Å². The fraction of sp³-hybridized carbons (Fsp3) is 0.346. The zero-order valence-electron chi connectivity index (χ0n) is 20.8. The van der Waals surface area contributed by atoms with Crippen molar-refractivity contribution in [3.8, 4) is 17.2 Å². The fourth-order valence-electron chi connectivity index (χ4n) is 4.62. The number of para-hydroxylation sites is 1. The first-order valence-electron chi connectivity index (χ1n) is 11.4. The first-order valence-corrected chi connectivity index (χ1v) is 11.4. The van der Waals surface area contributed by atoms with Crippen LogP contribution in [0.2, 0.25) is 0 Å². The van der Waals surface area contributed by atoms with Crippen LogP contribution in [0.4, 0.5) is 11.5 Å². The fourth-order valence-corrected chi connectivity index (χ4v) is 4.62. The number of aromatic nitrogens is 2. The Morgan fingerprint density at radius 2 is 1.77 bits per heavy atom. The number of hydrogen-bond donors (Lipinski definition) is 2. The molecule has 1 aliphatic rings. The van der Waals surface area contributed by atoms with Gasteiger partial charge in [0.15, 0.2) is 5.60 Å². The lowest BCUT2D eigenvalue weighted by atomic mass is 9.86. The van der Waals surface area contributed by atoms with Crippen LogP contribution in [0, 0.1) is 20.8 Å². The SMILES string of the molecule is COc1c(C)c(C)c2c(c1C)CCC(C)(C(=O)Nc1c(N)n(-c3ccccc3)c(=O)n(C)c1=O)O2. The minimum absolute atomic E-state index is 0.148. The number of methoxy groups -OCH3 is 1. The monoisotopic (exact) mass is 478 g/mol. The molecule has 3 N–H and O–H groups in total. The average Bonchev–Trinajstić information content (AvgIpc) is 2.85. The minimum atomic E-state index is -1.25. The third kappa shape index (κ3) is 3.77. The molecule has 1 aliphatic heterocycles. The summed E-state index contributed by atoms with van der Waals surface area (Å²) in [7, 11) is 2.98. The molecule has 1 atom stereocenters. The van der Waals surface area contributed by atoms with Gasteiger partial charge in [0.25, 0.3) is 11.5 Å². The van der Waals surface area contributed by atoms with E-state index >= 15 is 0 Å². The van der Waals surface area contributed by atoms with Crippen LogP contribution < -0.4 is 31.8 Å². The molecular weight excluding hydrogens is 448 g/mol. The Labute approximate surface area is 203 Å². The summed E-state index contributed by atoms with van der Waals surface area (Å²) in [5.74, 6) is 0.804. The standard InChI is InChI=1S/C26H30N4O5/c1-14-15(2)21-18(16(3)20(14)34-6)12-13-26(4,35-21)24(32)28-19-22(27)30(17-10-8-7-9-11-17)25(33)29(5)23(19)31/h7-11H,12-13,27H2,1-6H3,(H,28,32). The molecule has 0 spiro atoms. The van der Waals surface area contributed by atoms with E-state index in [1.807, 2.05) is 20.8 Å². The van der Waals surface area contributed by atoms with Gasteiger partial charge >= 0.3 is 5.69 Å². The van der Waals surface area contributed by atoms with E-state index in [-0.39, 0.29) is 11.5 Å². The molecule has 9 heteroatoms. The Hall–Kier alpha value is -4.01. The van der Waals surface area contributed by atoms with Crippen molar-refractivity contribution >= 4 is 17.4 Å². The highest BCUT2D eigenvalue weighted by Gasteiger charge is 2.41. The van der Waals surface area contributed by atoms with Crippen molar-refractivity contribution in [3.63, 3.8) is 0 Å². The second-order valence-corrected chi connectivity index (χ2v) is 9.08. The van der Waals surface area contributed by atoms with Gasteiger partial charge in [-0.1, -0.05) is 18.2 Å². The van der Waals surface area contributed by atoms with Gasteiger partial charge in [-0.15, -0.1) is 0 Å². The molecule has 0 saturated heterocycles.